The average Bonchev–Trinajstić information content (AvgIpc) is 2.47. The Hall–Kier alpha value is -0.220. The van der Waals surface area contributed by atoms with E-state index in [1.165, 1.54) is 38.5 Å². The molecule has 1 aliphatic rings. The lowest BCUT2D eigenvalue weighted by Gasteiger charge is -2.13. The predicted molar refractivity (Wildman–Crippen MR) is 63.8 cm³/mol. The van der Waals surface area contributed by atoms with Crippen LogP contribution >= 0.6 is 12.9 Å². The van der Waals surface area contributed by atoms with Crippen molar-refractivity contribution in [2.75, 3.05) is 13.2 Å². The summed E-state index contributed by atoms with van der Waals surface area (Å²) < 4.78 is 4.58. The summed E-state index contributed by atoms with van der Waals surface area (Å²) in [6.45, 7) is 1.04. The van der Waals surface area contributed by atoms with Crippen LogP contribution < -0.4 is 5.32 Å². The number of hydrogen-bond acceptors (Lipinski definition) is 3. The summed E-state index contributed by atoms with van der Waals surface area (Å²) in [5.41, 5.74) is 0. The first kappa shape index (κ1) is 12.8. The Balaban J connectivity index is 2.12. The van der Waals surface area contributed by atoms with Crippen LogP contribution in [0.5, 0.6) is 0 Å². The Morgan fingerprint density at radius 3 is 2.53 bits per heavy atom. The topological polar surface area (TPSA) is 38.3 Å². The lowest BCUT2D eigenvalue weighted by atomic mass is 9.96. The Morgan fingerprint density at radius 1 is 1.27 bits per heavy atom. The van der Waals surface area contributed by atoms with Gasteiger partial charge >= 0.3 is 0 Å². The minimum atomic E-state index is 0.160. The maximum Gasteiger partial charge on any atom is 0.220 e. The zero-order valence-electron chi connectivity index (χ0n) is 9.21. The van der Waals surface area contributed by atoms with E-state index < -0.39 is 0 Å². The quantitative estimate of drug-likeness (QED) is 0.330. The second-order valence-corrected chi connectivity index (χ2v) is 4.50. The lowest BCUT2D eigenvalue weighted by molar-refractivity contribution is -0.122. The van der Waals surface area contributed by atoms with Gasteiger partial charge in [0.1, 0.15) is 0 Å². The Morgan fingerprint density at radius 2 is 1.93 bits per heavy atom. The van der Waals surface area contributed by atoms with Gasteiger partial charge in [0.15, 0.2) is 0 Å². The molecule has 1 fully saturated rings. The first-order valence-corrected chi connectivity index (χ1v) is 6.22. The van der Waals surface area contributed by atoms with E-state index in [0.29, 0.717) is 25.5 Å². The number of thiol groups is 1. The van der Waals surface area contributed by atoms with Crippen LogP contribution in [0.25, 0.3) is 0 Å². The highest BCUT2D eigenvalue weighted by Crippen LogP contribution is 2.25. The molecule has 0 aliphatic heterocycles. The maximum absolute atomic E-state index is 11.5. The summed E-state index contributed by atoms with van der Waals surface area (Å²) in [5.74, 6) is 0.761. The second kappa shape index (κ2) is 7.99. The highest BCUT2D eigenvalue weighted by atomic mass is 32.1. The summed E-state index contributed by atoms with van der Waals surface area (Å²) in [6.07, 6.45) is 8.38. The Bertz CT molecular complexity index is 179. The van der Waals surface area contributed by atoms with E-state index in [1.807, 2.05) is 0 Å². The van der Waals surface area contributed by atoms with Crippen LogP contribution in [-0.4, -0.2) is 19.1 Å². The van der Waals surface area contributed by atoms with Crippen LogP contribution in [0.4, 0.5) is 0 Å². The summed E-state index contributed by atoms with van der Waals surface area (Å²) in [4.78, 5) is 11.5. The second-order valence-electron chi connectivity index (χ2n) is 4.24. The third kappa shape index (κ3) is 6.05. The molecule has 0 radical (unpaired) electrons. The molecule has 0 aromatic heterocycles. The van der Waals surface area contributed by atoms with Gasteiger partial charge in [-0.1, -0.05) is 25.7 Å². The van der Waals surface area contributed by atoms with Crippen LogP contribution in [0.2, 0.25) is 0 Å². The molecule has 1 rings (SSSR count). The molecule has 88 valence electrons. The number of carbonyl (C=O) groups is 1. The minimum absolute atomic E-state index is 0.160. The number of nitrogens with one attached hydrogen (secondary N) is 1. The van der Waals surface area contributed by atoms with Crippen LogP contribution in [0.3, 0.4) is 0 Å². The molecule has 0 heterocycles. The van der Waals surface area contributed by atoms with Crippen molar-refractivity contribution < 1.29 is 8.98 Å². The number of amides is 1. The van der Waals surface area contributed by atoms with Gasteiger partial charge in [0.2, 0.25) is 5.91 Å². The molecule has 1 aliphatic carbocycles. The van der Waals surface area contributed by atoms with Crippen molar-refractivity contribution in [3.05, 3.63) is 0 Å². The van der Waals surface area contributed by atoms with Crippen LogP contribution in [0, 0.1) is 5.92 Å². The minimum Gasteiger partial charge on any atom is -0.354 e. The molecule has 1 N–H and O–H groups in total. The molecule has 1 amide bonds. The summed E-state index contributed by atoms with van der Waals surface area (Å²) in [6, 6.07) is 0. The van der Waals surface area contributed by atoms with Crippen LogP contribution in [0.15, 0.2) is 0 Å². The third-order valence-corrected chi connectivity index (χ3v) is 3.15. The molecule has 3 nitrogen and oxygen atoms in total. The van der Waals surface area contributed by atoms with E-state index in [4.69, 9.17) is 0 Å². The molecule has 0 aromatic carbocycles. The first-order valence-electron chi connectivity index (χ1n) is 5.86. The van der Waals surface area contributed by atoms with Crippen LogP contribution in [-0.2, 0) is 8.98 Å². The monoisotopic (exact) mass is 231 g/mol. The molecular formula is C11H21NO2S. The fraction of sp³-hybridized carbons (Fsp3) is 0.909. The van der Waals surface area contributed by atoms with Gasteiger partial charge < -0.3 is 9.50 Å². The zero-order valence-corrected chi connectivity index (χ0v) is 10.1. The van der Waals surface area contributed by atoms with E-state index in [0.717, 1.165) is 0 Å². The SMILES string of the molecule is O=C(CC1CCCCCC1)NCCOS. The van der Waals surface area contributed by atoms with Crippen molar-refractivity contribution in [3.8, 4) is 0 Å². The van der Waals surface area contributed by atoms with Gasteiger partial charge in [-0.3, -0.25) is 4.79 Å². The molecule has 1 saturated carbocycles. The molecule has 0 atom stereocenters. The first-order chi connectivity index (χ1) is 7.33. The van der Waals surface area contributed by atoms with Crippen molar-refractivity contribution in [1.29, 1.82) is 0 Å². The Labute approximate surface area is 97.6 Å². The molecule has 0 aromatic rings. The fourth-order valence-electron chi connectivity index (χ4n) is 2.14. The normalized spacial score (nSPS) is 18.5. The summed E-state index contributed by atoms with van der Waals surface area (Å²) in [7, 11) is 0. The van der Waals surface area contributed by atoms with E-state index in [-0.39, 0.29) is 5.91 Å². The highest BCUT2D eigenvalue weighted by molar-refractivity contribution is 7.75. The maximum atomic E-state index is 11.5. The smallest absolute Gasteiger partial charge is 0.220 e. The van der Waals surface area contributed by atoms with Gasteiger partial charge in [0.25, 0.3) is 0 Å². The zero-order chi connectivity index (χ0) is 10.9. The lowest BCUT2D eigenvalue weighted by Crippen LogP contribution is -2.28. The van der Waals surface area contributed by atoms with Crippen LogP contribution in [0.1, 0.15) is 44.9 Å². The van der Waals surface area contributed by atoms with E-state index in [1.54, 1.807) is 0 Å². The largest absolute Gasteiger partial charge is 0.354 e. The third-order valence-electron chi connectivity index (χ3n) is 2.96. The molecule has 0 spiro atoms. The standard InChI is InChI=1S/C11H21NO2S/c13-11(12-7-8-14-15)9-10-5-3-1-2-4-6-10/h10,15H,1-9H2,(H,12,13). The molecule has 0 saturated heterocycles. The van der Waals surface area contributed by atoms with Gasteiger partial charge in [-0.15, -0.1) is 0 Å². The molecule has 4 heteroatoms. The van der Waals surface area contributed by atoms with E-state index >= 15 is 0 Å². The highest BCUT2D eigenvalue weighted by Gasteiger charge is 2.15. The molecule has 15 heavy (non-hydrogen) atoms. The average molecular weight is 231 g/mol. The van der Waals surface area contributed by atoms with Gasteiger partial charge in [0.05, 0.1) is 6.61 Å². The van der Waals surface area contributed by atoms with E-state index in [2.05, 4.69) is 22.4 Å². The van der Waals surface area contributed by atoms with Crippen molar-refractivity contribution in [1.82, 2.24) is 5.32 Å². The van der Waals surface area contributed by atoms with Crippen molar-refractivity contribution >= 4 is 18.8 Å². The van der Waals surface area contributed by atoms with Crippen molar-refractivity contribution in [2.45, 2.75) is 44.9 Å². The number of carbonyl (C=O) groups excluding carboxylic acids is 1. The van der Waals surface area contributed by atoms with Crippen molar-refractivity contribution in [3.63, 3.8) is 0 Å². The van der Waals surface area contributed by atoms with Gasteiger partial charge in [-0.2, -0.15) is 0 Å². The van der Waals surface area contributed by atoms with Gasteiger partial charge in [-0.25, -0.2) is 0 Å². The molecule has 0 unspecified atom stereocenters. The number of rotatable bonds is 5. The van der Waals surface area contributed by atoms with Crippen molar-refractivity contribution in [2.24, 2.45) is 5.92 Å². The summed E-state index contributed by atoms with van der Waals surface area (Å²) >= 11 is 3.62. The van der Waals surface area contributed by atoms with Gasteiger partial charge in [0, 0.05) is 13.0 Å². The van der Waals surface area contributed by atoms with Gasteiger partial charge in [-0.05, 0) is 31.7 Å². The molecular weight excluding hydrogens is 210 g/mol. The number of hydrogen-bond donors (Lipinski definition) is 2. The molecule has 0 bridgehead atoms. The van der Waals surface area contributed by atoms with E-state index in [9.17, 15) is 4.79 Å². The predicted octanol–water partition coefficient (Wildman–Crippen LogP) is 2.32. The fourth-order valence-corrected chi connectivity index (χ4v) is 2.23. The Kier molecular flexibility index (Phi) is 6.85. The summed E-state index contributed by atoms with van der Waals surface area (Å²) in [5, 5.41) is 2.84.